The van der Waals surface area contributed by atoms with E-state index < -0.39 is 17.3 Å². The molecule has 1 unspecified atom stereocenters. The summed E-state index contributed by atoms with van der Waals surface area (Å²) in [7, 11) is 7.51. The number of methoxy groups -OCH3 is 5. The number of hydrogen-bond acceptors (Lipinski definition) is 10. The van der Waals surface area contributed by atoms with Crippen LogP contribution in [-0.4, -0.2) is 46.6 Å². The summed E-state index contributed by atoms with van der Waals surface area (Å²) in [5.41, 5.74) is 1.33. The Labute approximate surface area is 223 Å². The van der Waals surface area contributed by atoms with Crippen LogP contribution >= 0.6 is 0 Å². The van der Waals surface area contributed by atoms with Crippen LogP contribution in [-0.2, 0) is 4.79 Å². The number of esters is 1. The quantitative estimate of drug-likeness (QED) is 0.265. The van der Waals surface area contributed by atoms with Gasteiger partial charge in [-0.1, -0.05) is 6.07 Å². The Hall–Kier alpha value is -4.86. The fourth-order valence-electron chi connectivity index (χ4n) is 4.93. The van der Waals surface area contributed by atoms with Gasteiger partial charge in [0.25, 0.3) is 0 Å². The number of carbonyl (C=O) groups is 1. The Morgan fingerprint density at radius 3 is 2.10 bits per heavy atom. The molecule has 0 saturated carbocycles. The van der Waals surface area contributed by atoms with Gasteiger partial charge in [-0.3, -0.25) is 9.59 Å². The highest BCUT2D eigenvalue weighted by molar-refractivity contribution is 5.94. The second-order valence-corrected chi connectivity index (χ2v) is 8.74. The van der Waals surface area contributed by atoms with Crippen molar-refractivity contribution in [1.82, 2.24) is 0 Å². The first-order chi connectivity index (χ1) is 18.8. The van der Waals surface area contributed by atoms with E-state index in [4.69, 9.17) is 32.8 Å². The molecule has 0 spiro atoms. The Morgan fingerprint density at radius 1 is 0.795 bits per heavy atom. The average Bonchev–Trinajstić information content (AvgIpc) is 2.95. The van der Waals surface area contributed by atoms with Crippen LogP contribution in [0.3, 0.4) is 0 Å². The third-order valence-corrected chi connectivity index (χ3v) is 6.78. The van der Waals surface area contributed by atoms with Gasteiger partial charge in [0.15, 0.2) is 23.0 Å². The fraction of sp³-hybridized carbons (Fsp3) is 0.241. The molecular formula is C29H26O10. The highest BCUT2D eigenvalue weighted by atomic mass is 16.5. The second kappa shape index (κ2) is 10.1. The number of rotatable bonds is 7. The molecule has 3 aromatic carbocycles. The van der Waals surface area contributed by atoms with Crippen molar-refractivity contribution in [2.45, 2.75) is 12.3 Å². The first-order valence-corrected chi connectivity index (χ1v) is 11.9. The molecule has 0 aliphatic carbocycles. The van der Waals surface area contributed by atoms with Gasteiger partial charge in [-0.15, -0.1) is 0 Å². The zero-order valence-electron chi connectivity index (χ0n) is 21.9. The molecular weight excluding hydrogens is 508 g/mol. The zero-order valence-corrected chi connectivity index (χ0v) is 21.9. The summed E-state index contributed by atoms with van der Waals surface area (Å²) in [5.74, 6) is 0.763. The van der Waals surface area contributed by atoms with Crippen molar-refractivity contribution < 1.29 is 42.7 Å². The van der Waals surface area contributed by atoms with Gasteiger partial charge in [0.05, 0.1) is 47.5 Å². The molecule has 0 radical (unpaired) electrons. The van der Waals surface area contributed by atoms with Gasteiger partial charge >= 0.3 is 5.97 Å². The predicted octanol–water partition coefficient (Wildman–Crippen LogP) is 4.65. The van der Waals surface area contributed by atoms with Gasteiger partial charge in [0.2, 0.25) is 5.43 Å². The maximum absolute atomic E-state index is 13.7. The lowest BCUT2D eigenvalue weighted by atomic mass is 9.84. The van der Waals surface area contributed by atoms with E-state index in [1.807, 2.05) is 0 Å². The monoisotopic (exact) mass is 534 g/mol. The van der Waals surface area contributed by atoms with E-state index in [2.05, 4.69) is 0 Å². The number of hydrogen-bond donors (Lipinski definition) is 1. The summed E-state index contributed by atoms with van der Waals surface area (Å²) >= 11 is 0. The molecule has 39 heavy (non-hydrogen) atoms. The van der Waals surface area contributed by atoms with Crippen LogP contribution < -0.4 is 33.8 Å². The lowest BCUT2D eigenvalue weighted by molar-refractivity contribution is -0.135. The summed E-state index contributed by atoms with van der Waals surface area (Å²) < 4.78 is 38.6. The number of carbonyl (C=O) groups excluding carboxylic acids is 1. The van der Waals surface area contributed by atoms with Gasteiger partial charge in [-0.25, -0.2) is 0 Å². The van der Waals surface area contributed by atoms with E-state index in [0.29, 0.717) is 45.4 Å². The SMILES string of the molecule is COc1ccc(-c2coc3c4c(cc(O)c3c2=O)OC(=O)CC4c2cc(OC)c(OC)cc2OC)cc1OC. The van der Waals surface area contributed by atoms with Crippen molar-refractivity contribution in [3.63, 3.8) is 0 Å². The van der Waals surface area contributed by atoms with Gasteiger partial charge < -0.3 is 37.9 Å². The van der Waals surface area contributed by atoms with E-state index in [1.165, 1.54) is 47.9 Å². The molecule has 1 aliphatic rings. The highest BCUT2D eigenvalue weighted by Gasteiger charge is 2.36. The number of fused-ring (bicyclic) bond motifs is 3. The maximum atomic E-state index is 13.7. The largest absolute Gasteiger partial charge is 0.507 e. The third kappa shape index (κ3) is 4.23. The Kier molecular flexibility index (Phi) is 6.69. The summed E-state index contributed by atoms with van der Waals surface area (Å²) in [6, 6.07) is 9.62. The van der Waals surface area contributed by atoms with Crippen LogP contribution in [0, 0.1) is 0 Å². The molecule has 5 rings (SSSR count). The fourth-order valence-corrected chi connectivity index (χ4v) is 4.93. The van der Waals surface area contributed by atoms with Crippen molar-refractivity contribution in [3.8, 4) is 51.4 Å². The zero-order chi connectivity index (χ0) is 27.8. The summed E-state index contributed by atoms with van der Waals surface area (Å²) in [4.78, 5) is 26.4. The molecule has 1 atom stereocenters. The lowest BCUT2D eigenvalue weighted by Gasteiger charge is -2.27. The number of phenolic OH excluding ortho intramolecular Hbond substituents is 1. The standard InChI is InChI=1S/C29H26O10/c1-33-19-7-6-14(8-21(19)35-3)17-13-38-29-26-16(15-9-22(36-4)23(37-5)12-20(15)34-2)10-25(31)39-24(26)11-18(30)27(29)28(17)32/h6-9,11-13,16,30H,10H2,1-5H3. The van der Waals surface area contributed by atoms with Crippen molar-refractivity contribution in [2.24, 2.45) is 0 Å². The van der Waals surface area contributed by atoms with Crippen LogP contribution in [0.25, 0.3) is 22.1 Å². The molecule has 0 bridgehead atoms. The molecule has 10 nitrogen and oxygen atoms in total. The van der Waals surface area contributed by atoms with Crippen molar-refractivity contribution in [1.29, 1.82) is 0 Å². The van der Waals surface area contributed by atoms with Gasteiger partial charge in [-0.2, -0.15) is 0 Å². The first-order valence-electron chi connectivity index (χ1n) is 11.9. The number of aromatic hydroxyl groups is 1. The van der Waals surface area contributed by atoms with Crippen molar-refractivity contribution >= 4 is 16.9 Å². The molecule has 202 valence electrons. The second-order valence-electron chi connectivity index (χ2n) is 8.74. The summed E-state index contributed by atoms with van der Waals surface area (Å²) in [6.45, 7) is 0. The minimum absolute atomic E-state index is 0.0524. The number of benzene rings is 3. The Morgan fingerprint density at radius 2 is 1.44 bits per heavy atom. The van der Waals surface area contributed by atoms with Gasteiger partial charge in [-0.05, 0) is 23.8 Å². The van der Waals surface area contributed by atoms with E-state index in [9.17, 15) is 14.7 Å². The minimum atomic E-state index is -0.644. The normalized spacial score (nSPS) is 14.4. The molecule has 1 aromatic heterocycles. The molecule has 0 amide bonds. The van der Waals surface area contributed by atoms with Crippen molar-refractivity contribution in [3.05, 3.63) is 64.0 Å². The number of phenols is 1. The van der Waals surface area contributed by atoms with Crippen LogP contribution in [0.5, 0.6) is 40.2 Å². The van der Waals surface area contributed by atoms with Gasteiger partial charge in [0, 0.05) is 29.2 Å². The Bertz CT molecular complexity index is 1650. The van der Waals surface area contributed by atoms with E-state index >= 15 is 0 Å². The first kappa shape index (κ1) is 25.8. The van der Waals surface area contributed by atoms with Crippen LogP contribution in [0.2, 0.25) is 0 Å². The van der Waals surface area contributed by atoms with Crippen LogP contribution in [0.15, 0.2) is 51.9 Å². The summed E-state index contributed by atoms with van der Waals surface area (Å²) in [6.07, 6.45) is 1.24. The predicted molar refractivity (Wildman–Crippen MR) is 141 cm³/mol. The summed E-state index contributed by atoms with van der Waals surface area (Å²) in [5, 5.41) is 10.8. The molecule has 10 heteroatoms. The molecule has 1 aliphatic heterocycles. The highest BCUT2D eigenvalue weighted by Crippen LogP contribution is 2.49. The molecule has 1 N–H and O–H groups in total. The van der Waals surface area contributed by atoms with E-state index in [-0.39, 0.29) is 34.5 Å². The van der Waals surface area contributed by atoms with Crippen LogP contribution in [0.1, 0.15) is 23.5 Å². The average molecular weight is 535 g/mol. The smallest absolute Gasteiger partial charge is 0.312 e. The van der Waals surface area contributed by atoms with E-state index in [0.717, 1.165) is 0 Å². The van der Waals surface area contributed by atoms with Crippen molar-refractivity contribution in [2.75, 3.05) is 35.5 Å². The van der Waals surface area contributed by atoms with E-state index in [1.54, 1.807) is 30.3 Å². The maximum Gasteiger partial charge on any atom is 0.312 e. The topological polar surface area (TPSA) is 123 Å². The molecule has 4 aromatic rings. The number of ether oxygens (including phenoxy) is 6. The Balaban J connectivity index is 1.76. The minimum Gasteiger partial charge on any atom is -0.507 e. The van der Waals surface area contributed by atoms with Crippen LogP contribution in [0.4, 0.5) is 0 Å². The molecule has 2 heterocycles. The molecule has 0 saturated heterocycles. The lowest BCUT2D eigenvalue weighted by Crippen LogP contribution is -2.22. The molecule has 0 fully saturated rings. The third-order valence-electron chi connectivity index (χ3n) is 6.78. The van der Waals surface area contributed by atoms with Gasteiger partial charge in [0.1, 0.15) is 34.5 Å².